The molecule has 1 aliphatic rings. The number of piperidine rings is 1. The van der Waals surface area contributed by atoms with Crippen molar-refractivity contribution in [2.45, 2.75) is 32.4 Å². The summed E-state index contributed by atoms with van der Waals surface area (Å²) in [5.74, 6) is 0.543. The highest BCUT2D eigenvalue weighted by molar-refractivity contribution is 4.83. The summed E-state index contributed by atoms with van der Waals surface area (Å²) in [6, 6.07) is 0.858. The van der Waals surface area contributed by atoms with E-state index >= 15 is 0 Å². The second kappa shape index (κ2) is 3.52. The fraction of sp³-hybridized carbons (Fsp3) is 1.00. The predicted octanol–water partition coefficient (Wildman–Crippen LogP) is 0.694. The van der Waals surface area contributed by atoms with Crippen molar-refractivity contribution < 1.29 is 5.21 Å². The molecule has 0 aromatic rings. The third-order valence-corrected chi connectivity index (χ3v) is 2.78. The second-order valence-electron chi connectivity index (χ2n) is 3.74. The van der Waals surface area contributed by atoms with Crippen LogP contribution in [0, 0.1) is 5.92 Å². The van der Waals surface area contributed by atoms with Gasteiger partial charge in [0.15, 0.2) is 0 Å². The largest absolute Gasteiger partial charge is 0.317 e. The van der Waals surface area contributed by atoms with Gasteiger partial charge in [0.1, 0.15) is 0 Å². The lowest BCUT2D eigenvalue weighted by Crippen LogP contribution is -2.50. The first-order chi connectivity index (χ1) is 5.15. The summed E-state index contributed by atoms with van der Waals surface area (Å²) in [7, 11) is 2.13. The normalized spacial score (nSPS) is 40.9. The molecular weight excluding hydrogens is 140 g/mol. The molecule has 0 spiro atoms. The molecule has 3 atom stereocenters. The molecule has 1 saturated heterocycles. The Morgan fingerprint density at radius 1 is 1.45 bits per heavy atom. The van der Waals surface area contributed by atoms with Crippen molar-refractivity contribution in [3.8, 4) is 0 Å². The molecule has 2 N–H and O–H groups in total. The topological polar surface area (TPSA) is 35.5 Å². The molecule has 0 amide bonds. The molecule has 0 aromatic carbocycles. The Morgan fingerprint density at radius 3 is 2.64 bits per heavy atom. The lowest BCUT2D eigenvalue weighted by molar-refractivity contribution is 0.0373. The fourth-order valence-corrected chi connectivity index (χ4v) is 1.72. The van der Waals surface area contributed by atoms with E-state index in [-0.39, 0.29) is 6.04 Å². The summed E-state index contributed by atoms with van der Waals surface area (Å²) >= 11 is 0. The molecular formula is C8H18N2O. The minimum absolute atomic E-state index is 0.279. The molecule has 3 heteroatoms. The van der Waals surface area contributed by atoms with Crippen LogP contribution in [-0.4, -0.2) is 35.8 Å². The van der Waals surface area contributed by atoms with Crippen LogP contribution < -0.4 is 5.48 Å². The zero-order valence-corrected chi connectivity index (χ0v) is 7.54. The predicted molar refractivity (Wildman–Crippen MR) is 44.6 cm³/mol. The highest BCUT2D eigenvalue weighted by Gasteiger charge is 2.27. The number of hydroxylamine groups is 1. The van der Waals surface area contributed by atoms with E-state index in [4.69, 9.17) is 5.21 Å². The minimum atomic E-state index is 0.279. The lowest BCUT2D eigenvalue weighted by atomic mass is 9.91. The van der Waals surface area contributed by atoms with Crippen molar-refractivity contribution >= 4 is 0 Å². The van der Waals surface area contributed by atoms with Crippen LogP contribution in [-0.2, 0) is 0 Å². The van der Waals surface area contributed by atoms with Gasteiger partial charge in [-0.05, 0) is 26.3 Å². The number of hydrogen-bond acceptors (Lipinski definition) is 3. The molecule has 1 rings (SSSR count). The first-order valence-electron chi connectivity index (χ1n) is 4.25. The maximum absolute atomic E-state index is 8.80. The first-order valence-corrected chi connectivity index (χ1v) is 4.25. The van der Waals surface area contributed by atoms with Crippen LogP contribution in [0.4, 0.5) is 0 Å². The number of nitrogens with one attached hydrogen (secondary N) is 1. The summed E-state index contributed by atoms with van der Waals surface area (Å²) in [5, 5.41) is 8.80. The van der Waals surface area contributed by atoms with Gasteiger partial charge in [0, 0.05) is 18.6 Å². The maximum Gasteiger partial charge on any atom is 0.0372 e. The Kier molecular flexibility index (Phi) is 2.87. The molecule has 3 unspecified atom stereocenters. The number of hydrogen-bond donors (Lipinski definition) is 2. The average molecular weight is 158 g/mol. The molecule has 0 bridgehead atoms. The van der Waals surface area contributed by atoms with Crippen LogP contribution in [0.25, 0.3) is 0 Å². The van der Waals surface area contributed by atoms with Gasteiger partial charge in [0.05, 0.1) is 0 Å². The van der Waals surface area contributed by atoms with Gasteiger partial charge in [-0.3, -0.25) is 0 Å². The van der Waals surface area contributed by atoms with E-state index in [0.717, 1.165) is 13.0 Å². The Labute approximate surface area is 68.3 Å². The lowest BCUT2D eigenvalue weighted by Gasteiger charge is -2.38. The Balaban J connectivity index is 2.48. The van der Waals surface area contributed by atoms with Crippen molar-refractivity contribution in [3.63, 3.8) is 0 Å². The zero-order chi connectivity index (χ0) is 8.43. The van der Waals surface area contributed by atoms with Crippen LogP contribution in [0.15, 0.2) is 0 Å². The van der Waals surface area contributed by atoms with Gasteiger partial charge >= 0.3 is 0 Å². The smallest absolute Gasteiger partial charge is 0.0372 e. The van der Waals surface area contributed by atoms with Crippen LogP contribution in [0.5, 0.6) is 0 Å². The summed E-state index contributed by atoms with van der Waals surface area (Å²) < 4.78 is 0. The Bertz CT molecular complexity index is 129. The van der Waals surface area contributed by atoms with Crippen LogP contribution in [0.1, 0.15) is 20.3 Å². The molecule has 1 heterocycles. The minimum Gasteiger partial charge on any atom is -0.317 e. The third-order valence-electron chi connectivity index (χ3n) is 2.78. The molecule has 1 fully saturated rings. The van der Waals surface area contributed by atoms with Gasteiger partial charge in [-0.15, -0.1) is 0 Å². The van der Waals surface area contributed by atoms with Crippen molar-refractivity contribution in [2.24, 2.45) is 5.92 Å². The van der Waals surface area contributed by atoms with Crippen LogP contribution in [0.2, 0.25) is 0 Å². The quantitative estimate of drug-likeness (QED) is 0.551. The average Bonchev–Trinajstić information content (AvgIpc) is 1.97. The highest BCUT2D eigenvalue weighted by atomic mass is 16.5. The van der Waals surface area contributed by atoms with E-state index in [9.17, 15) is 0 Å². The van der Waals surface area contributed by atoms with Crippen molar-refractivity contribution in [2.75, 3.05) is 13.6 Å². The van der Waals surface area contributed by atoms with E-state index in [1.54, 1.807) is 0 Å². The first kappa shape index (κ1) is 8.97. The molecule has 11 heavy (non-hydrogen) atoms. The molecule has 3 nitrogen and oxygen atoms in total. The van der Waals surface area contributed by atoms with E-state index in [0.29, 0.717) is 12.0 Å². The monoisotopic (exact) mass is 158 g/mol. The number of nitrogens with zero attached hydrogens (tertiary/aromatic N) is 1. The summed E-state index contributed by atoms with van der Waals surface area (Å²) in [6.45, 7) is 5.42. The van der Waals surface area contributed by atoms with Gasteiger partial charge in [-0.1, -0.05) is 6.92 Å². The van der Waals surface area contributed by atoms with Crippen molar-refractivity contribution in [3.05, 3.63) is 0 Å². The zero-order valence-electron chi connectivity index (χ0n) is 7.54. The van der Waals surface area contributed by atoms with E-state index < -0.39 is 0 Å². The van der Waals surface area contributed by atoms with Crippen LogP contribution in [0.3, 0.4) is 0 Å². The highest BCUT2D eigenvalue weighted by Crippen LogP contribution is 2.19. The Hall–Kier alpha value is -0.120. The van der Waals surface area contributed by atoms with Gasteiger partial charge < -0.3 is 10.1 Å². The molecule has 0 aromatic heterocycles. The molecule has 66 valence electrons. The van der Waals surface area contributed by atoms with E-state index in [1.807, 2.05) is 0 Å². The van der Waals surface area contributed by atoms with E-state index in [1.165, 1.54) is 0 Å². The van der Waals surface area contributed by atoms with Crippen molar-refractivity contribution in [1.29, 1.82) is 0 Å². The molecule has 0 radical (unpaired) electrons. The molecule has 0 saturated carbocycles. The van der Waals surface area contributed by atoms with Crippen molar-refractivity contribution in [1.82, 2.24) is 10.4 Å². The third kappa shape index (κ3) is 1.92. The number of rotatable bonds is 1. The molecule has 0 aliphatic carbocycles. The number of likely N-dealkylation sites (tertiary alicyclic amines) is 1. The van der Waals surface area contributed by atoms with Gasteiger partial charge in [0.25, 0.3) is 0 Å². The molecule has 1 aliphatic heterocycles. The van der Waals surface area contributed by atoms with Crippen LogP contribution >= 0.6 is 0 Å². The Morgan fingerprint density at radius 2 is 2.09 bits per heavy atom. The van der Waals surface area contributed by atoms with E-state index in [2.05, 4.69) is 31.3 Å². The fourth-order valence-electron chi connectivity index (χ4n) is 1.72. The SMILES string of the molecule is CC1CN(C)C(C)CC1NO. The van der Waals surface area contributed by atoms with Gasteiger partial charge in [-0.25, -0.2) is 5.48 Å². The summed E-state index contributed by atoms with van der Waals surface area (Å²) in [4.78, 5) is 2.33. The summed E-state index contributed by atoms with van der Waals surface area (Å²) in [6.07, 6.45) is 1.04. The van der Waals surface area contributed by atoms with Gasteiger partial charge in [0.2, 0.25) is 0 Å². The second-order valence-corrected chi connectivity index (χ2v) is 3.74. The summed E-state index contributed by atoms with van der Waals surface area (Å²) in [5.41, 5.74) is 2.38. The van der Waals surface area contributed by atoms with Gasteiger partial charge in [-0.2, -0.15) is 0 Å². The maximum atomic E-state index is 8.80. The standard InChI is InChI=1S/C8H18N2O/c1-6-5-10(3)7(2)4-8(6)9-11/h6-9,11H,4-5H2,1-3H3.